The summed E-state index contributed by atoms with van der Waals surface area (Å²) in [5.41, 5.74) is -1.52. The van der Waals surface area contributed by atoms with Crippen LogP contribution in [0.1, 0.15) is 77.6 Å². The van der Waals surface area contributed by atoms with E-state index in [2.05, 4.69) is 25.1 Å². The number of methoxy groups -OCH3 is 1. The minimum absolute atomic E-state index is 0.105. The van der Waals surface area contributed by atoms with Crippen molar-refractivity contribution in [3.63, 3.8) is 0 Å². The molecule has 0 radical (unpaired) electrons. The largest absolute Gasteiger partial charge is 0.494 e. The Hall–Kier alpha value is -4.06. The van der Waals surface area contributed by atoms with Crippen molar-refractivity contribution in [2.24, 2.45) is 17.8 Å². The summed E-state index contributed by atoms with van der Waals surface area (Å²) >= 11 is 6.32. The lowest BCUT2D eigenvalue weighted by molar-refractivity contribution is -0.197. The van der Waals surface area contributed by atoms with Crippen LogP contribution >= 0.6 is 11.6 Å². The number of likely N-dealkylation sites (tertiary alicyclic amines) is 1. The zero-order valence-electron chi connectivity index (χ0n) is 30.9. The highest BCUT2D eigenvalue weighted by Gasteiger charge is 2.67. The molecule has 1 aliphatic heterocycles. The van der Waals surface area contributed by atoms with Crippen molar-refractivity contribution in [1.82, 2.24) is 25.2 Å². The minimum Gasteiger partial charge on any atom is -0.494 e. The third-order valence-corrected chi connectivity index (χ3v) is 13.7. The topological polar surface area (TPSA) is 182 Å². The summed E-state index contributed by atoms with van der Waals surface area (Å²) in [6.45, 7) is 0.478. The maximum Gasteiger partial charge on any atom is 0.425 e. The first-order valence-electron chi connectivity index (χ1n) is 19.0. The van der Waals surface area contributed by atoms with Crippen LogP contribution in [0.3, 0.4) is 0 Å². The average molecular weight is 828 g/mol. The lowest BCUT2D eigenvalue weighted by atomic mass is 9.83. The van der Waals surface area contributed by atoms with Crippen LogP contribution < -0.4 is 24.8 Å². The second kappa shape index (κ2) is 15.4. The predicted octanol–water partition coefficient (Wildman–Crippen LogP) is 4.76. The molecule has 4 saturated carbocycles. The van der Waals surface area contributed by atoms with Crippen molar-refractivity contribution >= 4 is 56.2 Å². The Bertz CT molecular complexity index is 1990. The predicted molar refractivity (Wildman–Crippen MR) is 195 cm³/mol. The Morgan fingerprint density at radius 2 is 1.75 bits per heavy atom. The monoisotopic (exact) mass is 827 g/mol. The van der Waals surface area contributed by atoms with Gasteiger partial charge in [-0.3, -0.25) is 19.1 Å². The zero-order chi connectivity index (χ0) is 40.2. The number of carbonyl (C=O) groups excluding carboxylic acids is 4. The molecule has 14 nitrogen and oxygen atoms in total. The first-order chi connectivity index (χ1) is 26.5. The average Bonchev–Trinajstić information content (AvgIpc) is 4.03. The number of benzene rings is 1. The van der Waals surface area contributed by atoms with Crippen LogP contribution in [0.5, 0.6) is 11.6 Å². The molecule has 1 saturated heterocycles. The van der Waals surface area contributed by atoms with Gasteiger partial charge in [-0.15, -0.1) is 0 Å². The van der Waals surface area contributed by atoms with Gasteiger partial charge >= 0.3 is 12.3 Å². The van der Waals surface area contributed by atoms with Crippen LogP contribution in [0.4, 0.5) is 18.0 Å². The summed E-state index contributed by atoms with van der Waals surface area (Å²) in [4.78, 5) is 61.4. The van der Waals surface area contributed by atoms with Crippen molar-refractivity contribution < 1.29 is 55.0 Å². The van der Waals surface area contributed by atoms with Crippen molar-refractivity contribution in [1.29, 1.82) is 0 Å². The number of alkyl carbamates (subject to hydrolysis) is 1. The zero-order valence-corrected chi connectivity index (χ0v) is 32.5. The van der Waals surface area contributed by atoms with Gasteiger partial charge in [0, 0.05) is 22.2 Å². The highest BCUT2D eigenvalue weighted by atomic mass is 35.5. The van der Waals surface area contributed by atoms with E-state index >= 15 is 0 Å². The molecule has 4 aliphatic carbocycles. The first-order valence-corrected chi connectivity index (χ1v) is 20.9. The number of ether oxygens (including phenoxy) is 3. The van der Waals surface area contributed by atoms with Crippen molar-refractivity contribution in [2.45, 2.75) is 119 Å². The fourth-order valence-corrected chi connectivity index (χ4v) is 9.71. The number of rotatable bonds is 13. The van der Waals surface area contributed by atoms with Crippen LogP contribution in [0.25, 0.3) is 10.8 Å². The van der Waals surface area contributed by atoms with Crippen LogP contribution in [0.2, 0.25) is 5.02 Å². The summed E-state index contributed by atoms with van der Waals surface area (Å²) in [6.07, 6.45) is -2.27. The molecule has 0 spiro atoms. The van der Waals surface area contributed by atoms with E-state index in [1.165, 1.54) is 18.2 Å². The molecule has 306 valence electrons. The molecular weight excluding hydrogens is 783 g/mol. The van der Waals surface area contributed by atoms with E-state index in [1.54, 1.807) is 18.2 Å². The number of sulfonamides is 1. The Morgan fingerprint density at radius 1 is 1.04 bits per heavy atom. The Balaban J connectivity index is 1.19. The molecule has 0 bridgehead atoms. The van der Waals surface area contributed by atoms with Crippen LogP contribution in [0, 0.1) is 17.8 Å². The number of halogens is 4. The second-order valence-electron chi connectivity index (χ2n) is 15.7. The van der Waals surface area contributed by atoms with Crippen LogP contribution in [-0.4, -0.2) is 97.0 Å². The van der Waals surface area contributed by atoms with Gasteiger partial charge < -0.3 is 29.7 Å². The van der Waals surface area contributed by atoms with Crippen LogP contribution in [-0.2, 0) is 29.1 Å². The highest BCUT2D eigenvalue weighted by molar-refractivity contribution is 7.91. The number of fused-ring (bicyclic) bond motifs is 1. The number of nitrogens with one attached hydrogen (secondary N) is 3. The molecule has 2 aromatic rings. The fourth-order valence-electron chi connectivity index (χ4n) is 8.17. The number of hydrogen-bond acceptors (Lipinski definition) is 10. The van der Waals surface area contributed by atoms with Gasteiger partial charge in [0.05, 0.1) is 25.1 Å². The molecule has 1 aromatic heterocycles. The molecule has 3 N–H and O–H groups in total. The number of alkyl halides is 3. The highest BCUT2D eigenvalue weighted by Crippen LogP contribution is 2.57. The standard InChI is InChI=1S/C37H45ClF3N5O9S/c1-19(37(39,40)41)54-35(50)43-30(21-6-4-3-5-7-21)33(48)46-18-23(55-32-26-14-22(38)10-13-25(26)29(53-2)17-42-32)15-28(46)31(47)44-36(16-27(36)20-8-9-20)34(49)45-56(51,52)24-11-12-24/h10,13-14,17,19-21,23-24,27-28,30H,3-9,11-12,15-16,18H2,1-2H3,(H,43,50)(H,44,47)(H,45,49)/t19-,23-,27+,28+,30+,36-/m1/s1. The minimum atomic E-state index is -4.84. The van der Waals surface area contributed by atoms with E-state index in [4.69, 9.17) is 21.1 Å². The number of hydrogen-bond donors (Lipinski definition) is 3. The number of pyridine rings is 1. The molecule has 5 aliphatic rings. The van der Waals surface area contributed by atoms with Gasteiger partial charge in [-0.05, 0) is 87.8 Å². The summed E-state index contributed by atoms with van der Waals surface area (Å²) in [6, 6.07) is 2.38. The molecule has 0 unspecified atom stereocenters. The van der Waals surface area contributed by atoms with E-state index in [9.17, 15) is 40.8 Å². The van der Waals surface area contributed by atoms with Gasteiger partial charge in [0.2, 0.25) is 27.7 Å². The SMILES string of the molecule is COc1cnc(O[C@@H]2C[C@@H](C(=O)N[C@]3(C(=O)NS(=O)(=O)C4CC4)C[C@H]3C3CC3)N(C(=O)[C@@H](NC(=O)O[C@H](C)C(F)(F)F)C3CCCCC3)C2)c2cc(Cl)ccc12. The quantitative estimate of drug-likeness (QED) is 0.255. The molecule has 2 heterocycles. The Labute approximate surface area is 326 Å². The van der Waals surface area contributed by atoms with Gasteiger partial charge in [0.1, 0.15) is 29.5 Å². The van der Waals surface area contributed by atoms with E-state index < -0.39 is 81.0 Å². The fraction of sp³-hybridized carbons (Fsp3) is 0.649. The molecule has 19 heteroatoms. The summed E-state index contributed by atoms with van der Waals surface area (Å²) < 4.78 is 84.2. The molecular formula is C37H45ClF3N5O9S. The number of carbonyl (C=O) groups is 4. The van der Waals surface area contributed by atoms with Gasteiger partial charge in [0.25, 0.3) is 5.91 Å². The lowest BCUT2D eigenvalue weighted by Gasteiger charge is -2.35. The van der Waals surface area contributed by atoms with E-state index in [0.29, 0.717) is 67.0 Å². The van der Waals surface area contributed by atoms with E-state index in [-0.39, 0.29) is 37.1 Å². The van der Waals surface area contributed by atoms with Crippen molar-refractivity contribution in [2.75, 3.05) is 13.7 Å². The lowest BCUT2D eigenvalue weighted by Crippen LogP contribution is -2.59. The molecule has 7 rings (SSSR count). The Morgan fingerprint density at radius 3 is 2.39 bits per heavy atom. The Kier molecular flexibility index (Phi) is 11.0. The summed E-state index contributed by atoms with van der Waals surface area (Å²) in [5, 5.41) is 6.05. The summed E-state index contributed by atoms with van der Waals surface area (Å²) in [5.74, 6) is -2.39. The summed E-state index contributed by atoms with van der Waals surface area (Å²) in [7, 11) is -2.46. The van der Waals surface area contributed by atoms with Crippen molar-refractivity contribution in [3.05, 3.63) is 29.4 Å². The first kappa shape index (κ1) is 40.1. The smallest absolute Gasteiger partial charge is 0.425 e. The number of aromatic nitrogens is 1. The second-order valence-corrected chi connectivity index (χ2v) is 18.1. The van der Waals surface area contributed by atoms with Gasteiger partial charge in [-0.1, -0.05) is 30.9 Å². The van der Waals surface area contributed by atoms with Crippen LogP contribution in [0.15, 0.2) is 24.4 Å². The molecule has 6 atom stereocenters. The molecule has 4 amide bonds. The molecule has 56 heavy (non-hydrogen) atoms. The van der Waals surface area contributed by atoms with E-state index in [0.717, 1.165) is 19.3 Å². The third kappa shape index (κ3) is 8.46. The van der Waals surface area contributed by atoms with Crippen molar-refractivity contribution in [3.8, 4) is 11.6 Å². The molecule has 1 aromatic carbocycles. The maximum absolute atomic E-state index is 14.7. The number of nitrogens with zero attached hydrogens (tertiary/aromatic N) is 2. The van der Waals surface area contributed by atoms with Gasteiger partial charge in [-0.25, -0.2) is 18.2 Å². The number of amides is 4. The van der Waals surface area contributed by atoms with E-state index in [1.807, 2.05) is 0 Å². The molecule has 5 fully saturated rings. The van der Waals surface area contributed by atoms with Gasteiger partial charge in [0.15, 0.2) is 6.10 Å². The third-order valence-electron chi connectivity index (χ3n) is 11.7. The van der Waals surface area contributed by atoms with Gasteiger partial charge in [-0.2, -0.15) is 13.2 Å². The normalized spacial score (nSPS) is 26.5. The maximum atomic E-state index is 14.7.